The largest absolute Gasteiger partial charge is 0.397 e. The molecule has 0 spiro atoms. The van der Waals surface area contributed by atoms with Gasteiger partial charge in [0, 0.05) is 13.1 Å². The van der Waals surface area contributed by atoms with Gasteiger partial charge in [-0.1, -0.05) is 6.07 Å². The van der Waals surface area contributed by atoms with Crippen LogP contribution in [0.5, 0.6) is 0 Å². The number of amides is 1. The fraction of sp³-hybridized carbons (Fsp3) is 0.364. The van der Waals surface area contributed by atoms with E-state index >= 15 is 0 Å². The first-order valence-corrected chi connectivity index (χ1v) is 5.15. The summed E-state index contributed by atoms with van der Waals surface area (Å²) in [4.78, 5) is 13.1. The van der Waals surface area contributed by atoms with Gasteiger partial charge in [-0.25, -0.2) is 0 Å². The summed E-state index contributed by atoms with van der Waals surface area (Å²) in [6.45, 7) is 2.99. The number of carbonyl (C=O) groups excluding carboxylic acids is 1. The molecule has 0 saturated heterocycles. The number of hydrogen-bond acceptors (Lipinski definition) is 4. The van der Waals surface area contributed by atoms with Crippen molar-refractivity contribution in [2.75, 3.05) is 30.3 Å². The van der Waals surface area contributed by atoms with E-state index in [1.165, 1.54) is 0 Å². The highest BCUT2D eigenvalue weighted by molar-refractivity contribution is 6.01. The van der Waals surface area contributed by atoms with E-state index in [1.54, 1.807) is 18.2 Å². The third kappa shape index (κ3) is 2.43. The molecule has 0 aliphatic rings. The molecular weight excluding hydrogens is 206 g/mol. The Morgan fingerprint density at radius 3 is 2.69 bits per heavy atom. The van der Waals surface area contributed by atoms with Gasteiger partial charge in [-0.05, 0) is 19.1 Å². The van der Waals surface area contributed by atoms with Gasteiger partial charge < -0.3 is 21.5 Å². The van der Waals surface area contributed by atoms with Crippen molar-refractivity contribution in [3.63, 3.8) is 0 Å². The maximum Gasteiger partial charge on any atom is 0.250 e. The Labute approximate surface area is 94.7 Å². The summed E-state index contributed by atoms with van der Waals surface area (Å²) in [5.74, 6) is -0.515. The lowest BCUT2D eigenvalue weighted by Crippen LogP contribution is -2.29. The Hall–Kier alpha value is -1.75. The lowest BCUT2D eigenvalue weighted by molar-refractivity contribution is 0.100. The van der Waals surface area contributed by atoms with Crippen LogP contribution in [0.3, 0.4) is 0 Å². The summed E-state index contributed by atoms with van der Waals surface area (Å²) in [5.41, 5.74) is 12.6. The van der Waals surface area contributed by atoms with Gasteiger partial charge in [0.05, 0.1) is 23.5 Å². The van der Waals surface area contributed by atoms with Crippen molar-refractivity contribution in [1.82, 2.24) is 0 Å². The third-order valence-corrected chi connectivity index (χ3v) is 2.40. The Balaban J connectivity index is 3.22. The molecule has 1 rings (SSSR count). The lowest BCUT2D eigenvalue weighted by atomic mass is 10.1. The summed E-state index contributed by atoms with van der Waals surface area (Å²) >= 11 is 0. The van der Waals surface area contributed by atoms with Crippen molar-refractivity contribution < 1.29 is 9.90 Å². The molecule has 0 saturated carbocycles. The SMILES string of the molecule is CCN(CCO)c1c(N)cccc1C(N)=O. The first kappa shape index (κ1) is 12.3. The van der Waals surface area contributed by atoms with E-state index in [0.717, 1.165) is 0 Å². The smallest absolute Gasteiger partial charge is 0.250 e. The fourth-order valence-corrected chi connectivity index (χ4v) is 1.66. The molecule has 5 nitrogen and oxygen atoms in total. The van der Waals surface area contributed by atoms with Gasteiger partial charge >= 0.3 is 0 Å². The molecule has 0 bridgehead atoms. The number of anilines is 2. The molecule has 0 atom stereocenters. The van der Waals surface area contributed by atoms with E-state index < -0.39 is 5.91 Å². The molecule has 88 valence electrons. The highest BCUT2D eigenvalue weighted by atomic mass is 16.3. The van der Waals surface area contributed by atoms with E-state index in [2.05, 4.69) is 0 Å². The van der Waals surface area contributed by atoms with Crippen LogP contribution in [0, 0.1) is 0 Å². The normalized spacial score (nSPS) is 10.1. The predicted molar refractivity (Wildman–Crippen MR) is 64.3 cm³/mol. The summed E-state index contributed by atoms with van der Waals surface area (Å²) in [6.07, 6.45) is 0. The highest BCUT2D eigenvalue weighted by Gasteiger charge is 2.15. The van der Waals surface area contributed by atoms with Crippen molar-refractivity contribution in [2.24, 2.45) is 5.73 Å². The maximum absolute atomic E-state index is 11.3. The number of aliphatic hydroxyl groups is 1. The van der Waals surface area contributed by atoms with Crippen LogP contribution in [0.1, 0.15) is 17.3 Å². The van der Waals surface area contributed by atoms with E-state index in [4.69, 9.17) is 16.6 Å². The molecule has 0 unspecified atom stereocenters. The number of hydrogen-bond donors (Lipinski definition) is 3. The van der Waals surface area contributed by atoms with Crippen molar-refractivity contribution in [1.29, 1.82) is 0 Å². The minimum Gasteiger partial charge on any atom is -0.397 e. The molecule has 0 fully saturated rings. The minimum atomic E-state index is -0.515. The number of carbonyl (C=O) groups is 1. The van der Waals surface area contributed by atoms with Crippen LogP contribution in [-0.4, -0.2) is 30.7 Å². The Kier molecular flexibility index (Phi) is 4.13. The maximum atomic E-state index is 11.3. The van der Waals surface area contributed by atoms with Crippen molar-refractivity contribution in [3.8, 4) is 0 Å². The standard InChI is InChI=1S/C11H17N3O2/c1-2-14(6-7-15)10-8(11(13)16)4-3-5-9(10)12/h3-5,15H,2,6-7,12H2,1H3,(H2,13,16). The second kappa shape index (κ2) is 5.37. The highest BCUT2D eigenvalue weighted by Crippen LogP contribution is 2.27. The zero-order valence-corrected chi connectivity index (χ0v) is 9.31. The number of nitrogens with two attached hydrogens (primary N) is 2. The van der Waals surface area contributed by atoms with Crippen LogP contribution in [0.4, 0.5) is 11.4 Å². The van der Waals surface area contributed by atoms with E-state index in [1.807, 2.05) is 11.8 Å². The monoisotopic (exact) mass is 223 g/mol. The van der Waals surface area contributed by atoms with Gasteiger partial charge in [-0.2, -0.15) is 0 Å². The summed E-state index contributed by atoms with van der Waals surface area (Å²) < 4.78 is 0. The predicted octanol–water partition coefficient (Wildman–Crippen LogP) is 0.186. The van der Waals surface area contributed by atoms with Gasteiger partial charge in [-0.15, -0.1) is 0 Å². The van der Waals surface area contributed by atoms with Crippen molar-refractivity contribution >= 4 is 17.3 Å². The lowest BCUT2D eigenvalue weighted by Gasteiger charge is -2.25. The van der Waals surface area contributed by atoms with Crippen LogP contribution >= 0.6 is 0 Å². The molecule has 1 aromatic carbocycles. The molecular formula is C11H17N3O2. The second-order valence-electron chi connectivity index (χ2n) is 3.41. The molecule has 5 N–H and O–H groups in total. The summed E-state index contributed by atoms with van der Waals surface area (Å²) in [7, 11) is 0. The van der Waals surface area contributed by atoms with Crippen LogP contribution in [-0.2, 0) is 0 Å². The zero-order valence-electron chi connectivity index (χ0n) is 9.31. The Bertz CT molecular complexity index is 379. The van der Waals surface area contributed by atoms with Gasteiger partial charge in [0.1, 0.15) is 0 Å². The Morgan fingerprint density at radius 2 is 2.19 bits per heavy atom. The van der Waals surface area contributed by atoms with Gasteiger partial charge in [0.25, 0.3) is 5.91 Å². The number of nitrogens with zero attached hydrogens (tertiary/aromatic N) is 1. The van der Waals surface area contributed by atoms with E-state index in [-0.39, 0.29) is 6.61 Å². The molecule has 1 amide bonds. The summed E-state index contributed by atoms with van der Waals surface area (Å²) in [6, 6.07) is 5.03. The molecule has 5 heteroatoms. The fourth-order valence-electron chi connectivity index (χ4n) is 1.66. The molecule has 1 aromatic rings. The van der Waals surface area contributed by atoms with Crippen LogP contribution in [0.15, 0.2) is 18.2 Å². The first-order chi connectivity index (χ1) is 7.61. The van der Waals surface area contributed by atoms with Gasteiger partial charge in [0.2, 0.25) is 0 Å². The second-order valence-corrected chi connectivity index (χ2v) is 3.41. The quantitative estimate of drug-likeness (QED) is 0.621. The number of rotatable bonds is 5. The molecule has 0 radical (unpaired) electrons. The number of para-hydroxylation sites is 1. The van der Waals surface area contributed by atoms with Crippen LogP contribution in [0.25, 0.3) is 0 Å². The number of primary amides is 1. The van der Waals surface area contributed by atoms with E-state index in [0.29, 0.717) is 30.0 Å². The molecule has 0 heterocycles. The topological polar surface area (TPSA) is 92.6 Å². The molecule has 0 aliphatic carbocycles. The minimum absolute atomic E-state index is 0.000373. The molecule has 0 aromatic heterocycles. The number of likely N-dealkylation sites (N-methyl/N-ethyl adjacent to an activating group) is 1. The zero-order chi connectivity index (χ0) is 12.1. The molecule has 0 aliphatic heterocycles. The van der Waals surface area contributed by atoms with E-state index in [9.17, 15) is 4.79 Å². The van der Waals surface area contributed by atoms with Gasteiger partial charge in [-0.3, -0.25) is 4.79 Å². The average Bonchev–Trinajstić information content (AvgIpc) is 2.26. The first-order valence-electron chi connectivity index (χ1n) is 5.15. The Morgan fingerprint density at radius 1 is 1.50 bits per heavy atom. The summed E-state index contributed by atoms with van der Waals surface area (Å²) in [5, 5.41) is 8.95. The molecule has 16 heavy (non-hydrogen) atoms. The van der Waals surface area contributed by atoms with Crippen LogP contribution in [0.2, 0.25) is 0 Å². The van der Waals surface area contributed by atoms with Crippen molar-refractivity contribution in [3.05, 3.63) is 23.8 Å². The number of nitrogen functional groups attached to an aromatic ring is 1. The average molecular weight is 223 g/mol. The van der Waals surface area contributed by atoms with Gasteiger partial charge in [0.15, 0.2) is 0 Å². The number of benzene rings is 1. The number of aliphatic hydroxyl groups excluding tert-OH is 1. The third-order valence-electron chi connectivity index (χ3n) is 2.40. The van der Waals surface area contributed by atoms with Crippen molar-refractivity contribution in [2.45, 2.75) is 6.92 Å². The van der Waals surface area contributed by atoms with Crippen LogP contribution < -0.4 is 16.4 Å².